The second-order valence-electron chi connectivity index (χ2n) is 13.6. The molecule has 0 radical (unpaired) electrons. The Morgan fingerprint density at radius 1 is 0.200 bits per heavy atom. The summed E-state index contributed by atoms with van der Waals surface area (Å²) in [6, 6.07) is 67.6. The number of hydrogen-bond donors (Lipinski definition) is 0. The fourth-order valence-corrected chi connectivity index (χ4v) is 8.78. The standard InChI is InChI=1S/C50H30/c1-2-14-35-31(12-1)13-11-23-36(35)32-24-25-33-29-47(41-19-4-3-18-40(41)46(33)28-32)34-26-27-42-39-17-7-9-21-44(39)49-43-20-8-5-15-37(43)38-16-6-10-22-45(38)50(49)48(42)30-34/h1-30H. The summed E-state index contributed by atoms with van der Waals surface area (Å²) in [6.45, 7) is 0. The maximum Gasteiger partial charge on any atom is -0.00137 e. The summed E-state index contributed by atoms with van der Waals surface area (Å²) >= 11 is 0. The van der Waals surface area contributed by atoms with Crippen LogP contribution in [-0.2, 0) is 0 Å². The number of rotatable bonds is 2. The van der Waals surface area contributed by atoms with Crippen LogP contribution in [0.2, 0.25) is 0 Å². The highest BCUT2D eigenvalue weighted by Gasteiger charge is 2.17. The zero-order valence-electron chi connectivity index (χ0n) is 27.3. The molecule has 0 fully saturated rings. The van der Waals surface area contributed by atoms with Crippen LogP contribution >= 0.6 is 0 Å². The third-order valence-corrected chi connectivity index (χ3v) is 11.0. The molecule has 0 heteroatoms. The fraction of sp³-hybridized carbons (Fsp3) is 0. The van der Waals surface area contributed by atoms with E-state index in [1.807, 2.05) is 0 Å². The minimum atomic E-state index is 1.24. The molecule has 0 bridgehead atoms. The fourth-order valence-electron chi connectivity index (χ4n) is 8.78. The van der Waals surface area contributed by atoms with Crippen molar-refractivity contribution in [2.45, 2.75) is 0 Å². The molecule has 0 saturated carbocycles. The van der Waals surface area contributed by atoms with Gasteiger partial charge in [-0.15, -0.1) is 0 Å². The van der Waals surface area contributed by atoms with Gasteiger partial charge >= 0.3 is 0 Å². The van der Waals surface area contributed by atoms with Crippen LogP contribution in [-0.4, -0.2) is 0 Å². The van der Waals surface area contributed by atoms with Crippen molar-refractivity contribution in [1.82, 2.24) is 0 Å². The SMILES string of the molecule is c1ccc2c(-c3ccc4cc(-c5ccc6c7ccccc7c7c8ccccc8c8ccccc8c7c6c5)c5ccccc5c4c3)cccc2c1. The molecule has 0 nitrogen and oxygen atoms in total. The number of fused-ring (bicyclic) bond motifs is 15. The molecule has 0 aliphatic rings. The van der Waals surface area contributed by atoms with Crippen molar-refractivity contribution in [2.75, 3.05) is 0 Å². The summed E-state index contributed by atoms with van der Waals surface area (Å²) < 4.78 is 0. The highest BCUT2D eigenvalue weighted by molar-refractivity contribution is 6.39. The van der Waals surface area contributed by atoms with Crippen molar-refractivity contribution in [2.24, 2.45) is 0 Å². The normalized spacial score (nSPS) is 12.0. The molecule has 0 aromatic heterocycles. The molecule has 0 atom stereocenters. The Balaban J connectivity index is 1.22. The first-order valence-electron chi connectivity index (χ1n) is 17.4. The summed E-state index contributed by atoms with van der Waals surface area (Å²) in [4.78, 5) is 0. The molecule has 0 saturated heterocycles. The average Bonchev–Trinajstić information content (AvgIpc) is 3.19. The molecule has 11 aromatic carbocycles. The van der Waals surface area contributed by atoms with Crippen LogP contribution in [0.4, 0.5) is 0 Å². The Kier molecular flexibility index (Phi) is 5.76. The number of hydrogen-bond acceptors (Lipinski definition) is 0. The highest BCUT2D eigenvalue weighted by atomic mass is 14.2. The molecular weight excluding hydrogens is 601 g/mol. The largest absolute Gasteiger partial charge is 0.0616 e. The van der Waals surface area contributed by atoms with E-state index in [0.717, 1.165) is 0 Å². The van der Waals surface area contributed by atoms with Gasteiger partial charge in [-0.2, -0.15) is 0 Å². The molecule has 230 valence electrons. The van der Waals surface area contributed by atoms with E-state index >= 15 is 0 Å². The first-order valence-corrected chi connectivity index (χ1v) is 17.4. The van der Waals surface area contributed by atoms with Gasteiger partial charge in [0.25, 0.3) is 0 Å². The molecule has 11 rings (SSSR count). The van der Waals surface area contributed by atoms with Gasteiger partial charge in [0, 0.05) is 0 Å². The Bertz CT molecular complexity index is 3180. The molecule has 11 aromatic rings. The van der Waals surface area contributed by atoms with Gasteiger partial charge in [-0.05, 0) is 127 Å². The van der Waals surface area contributed by atoms with E-state index < -0.39 is 0 Å². The topological polar surface area (TPSA) is 0 Å². The molecule has 0 heterocycles. The van der Waals surface area contributed by atoms with Gasteiger partial charge in [0.2, 0.25) is 0 Å². The summed E-state index contributed by atoms with van der Waals surface area (Å²) in [5, 5.41) is 20.7. The summed E-state index contributed by atoms with van der Waals surface area (Å²) in [5.41, 5.74) is 5.02. The Hall–Kier alpha value is -6.50. The maximum absolute atomic E-state index is 2.46. The van der Waals surface area contributed by atoms with Gasteiger partial charge in [0.05, 0.1) is 0 Å². The van der Waals surface area contributed by atoms with Crippen molar-refractivity contribution in [3.8, 4) is 22.3 Å². The second-order valence-corrected chi connectivity index (χ2v) is 13.6. The van der Waals surface area contributed by atoms with Gasteiger partial charge in [0.15, 0.2) is 0 Å². The predicted octanol–water partition coefficient (Wildman–Crippen LogP) is 14.2. The maximum atomic E-state index is 2.46. The van der Waals surface area contributed by atoms with Crippen LogP contribution in [0.3, 0.4) is 0 Å². The molecule has 0 aliphatic carbocycles. The van der Waals surface area contributed by atoms with Crippen LogP contribution in [0.25, 0.3) is 108 Å². The zero-order chi connectivity index (χ0) is 32.8. The van der Waals surface area contributed by atoms with Gasteiger partial charge in [0.1, 0.15) is 0 Å². The smallest absolute Gasteiger partial charge is 0.00137 e. The quantitative estimate of drug-likeness (QED) is 0.167. The lowest BCUT2D eigenvalue weighted by Crippen LogP contribution is -1.90. The van der Waals surface area contributed by atoms with Crippen molar-refractivity contribution >= 4 is 86.2 Å². The molecule has 0 unspecified atom stereocenters. The molecule has 0 amide bonds. The zero-order valence-corrected chi connectivity index (χ0v) is 27.3. The third kappa shape index (κ3) is 3.88. The Morgan fingerprint density at radius 3 is 1.30 bits per heavy atom. The van der Waals surface area contributed by atoms with E-state index in [2.05, 4.69) is 182 Å². The molecule has 0 spiro atoms. The first-order chi connectivity index (χ1) is 24.8. The second kappa shape index (κ2) is 10.5. The summed E-state index contributed by atoms with van der Waals surface area (Å²) in [6.07, 6.45) is 0. The molecule has 0 N–H and O–H groups in total. The van der Waals surface area contributed by atoms with Crippen molar-refractivity contribution in [3.63, 3.8) is 0 Å². The van der Waals surface area contributed by atoms with Gasteiger partial charge < -0.3 is 0 Å². The predicted molar refractivity (Wildman–Crippen MR) is 217 cm³/mol. The Morgan fingerprint density at radius 2 is 0.640 bits per heavy atom. The van der Waals surface area contributed by atoms with Crippen LogP contribution in [0, 0.1) is 0 Å². The van der Waals surface area contributed by atoms with Gasteiger partial charge in [-0.3, -0.25) is 0 Å². The lowest BCUT2D eigenvalue weighted by molar-refractivity contribution is 1.68. The Labute approximate surface area is 289 Å². The minimum absolute atomic E-state index is 1.24. The molecule has 50 heavy (non-hydrogen) atoms. The van der Waals surface area contributed by atoms with Crippen molar-refractivity contribution in [1.29, 1.82) is 0 Å². The monoisotopic (exact) mass is 630 g/mol. The van der Waals surface area contributed by atoms with E-state index in [1.165, 1.54) is 108 Å². The van der Waals surface area contributed by atoms with E-state index in [-0.39, 0.29) is 0 Å². The third-order valence-electron chi connectivity index (χ3n) is 11.0. The molecule has 0 aliphatic heterocycles. The minimum Gasteiger partial charge on any atom is -0.0616 e. The lowest BCUT2D eigenvalue weighted by atomic mass is 9.85. The van der Waals surface area contributed by atoms with Crippen LogP contribution in [0.1, 0.15) is 0 Å². The first kappa shape index (κ1) is 27.5. The summed E-state index contributed by atoms with van der Waals surface area (Å²) in [5.74, 6) is 0. The van der Waals surface area contributed by atoms with Crippen LogP contribution in [0.15, 0.2) is 182 Å². The summed E-state index contributed by atoms with van der Waals surface area (Å²) in [7, 11) is 0. The van der Waals surface area contributed by atoms with Crippen LogP contribution in [0.5, 0.6) is 0 Å². The van der Waals surface area contributed by atoms with Crippen LogP contribution < -0.4 is 0 Å². The average molecular weight is 631 g/mol. The van der Waals surface area contributed by atoms with Gasteiger partial charge in [-0.1, -0.05) is 164 Å². The lowest BCUT2D eigenvalue weighted by Gasteiger charge is -2.18. The van der Waals surface area contributed by atoms with E-state index in [1.54, 1.807) is 0 Å². The van der Waals surface area contributed by atoms with Crippen molar-refractivity contribution in [3.05, 3.63) is 182 Å². The highest BCUT2D eigenvalue weighted by Crippen LogP contribution is 2.46. The van der Waals surface area contributed by atoms with E-state index in [0.29, 0.717) is 0 Å². The van der Waals surface area contributed by atoms with E-state index in [4.69, 9.17) is 0 Å². The molecular formula is C50H30. The van der Waals surface area contributed by atoms with Gasteiger partial charge in [-0.25, -0.2) is 0 Å². The number of benzene rings is 11. The van der Waals surface area contributed by atoms with Crippen molar-refractivity contribution < 1.29 is 0 Å². The van der Waals surface area contributed by atoms with E-state index in [9.17, 15) is 0 Å².